The standard InChI is InChI=1S/C11H20N2O/c1-4-9(5-2)6-11(14)10-7-12-13(3)8-10/h7-9,11,14H,4-6H2,1-3H3. The molecule has 0 spiro atoms. The van der Waals surface area contributed by atoms with Crippen molar-refractivity contribution >= 4 is 0 Å². The number of hydrogen-bond donors (Lipinski definition) is 1. The van der Waals surface area contributed by atoms with E-state index in [0.717, 1.165) is 24.8 Å². The Morgan fingerprint density at radius 2 is 2.07 bits per heavy atom. The summed E-state index contributed by atoms with van der Waals surface area (Å²) in [6, 6.07) is 0. The van der Waals surface area contributed by atoms with Crippen LogP contribution in [0.5, 0.6) is 0 Å². The van der Waals surface area contributed by atoms with Crippen molar-refractivity contribution in [2.45, 2.75) is 39.2 Å². The van der Waals surface area contributed by atoms with Crippen LogP contribution >= 0.6 is 0 Å². The first kappa shape index (κ1) is 11.2. The van der Waals surface area contributed by atoms with Gasteiger partial charge in [-0.3, -0.25) is 4.68 Å². The molecule has 0 aliphatic heterocycles. The second-order valence-corrected chi connectivity index (χ2v) is 3.88. The van der Waals surface area contributed by atoms with Crippen molar-refractivity contribution in [2.75, 3.05) is 0 Å². The van der Waals surface area contributed by atoms with Crippen molar-refractivity contribution < 1.29 is 5.11 Å². The average Bonchev–Trinajstić information content (AvgIpc) is 2.61. The third-order valence-electron chi connectivity index (χ3n) is 2.82. The van der Waals surface area contributed by atoms with Crippen LogP contribution in [0, 0.1) is 5.92 Å². The van der Waals surface area contributed by atoms with Crippen LogP contribution in [-0.2, 0) is 7.05 Å². The molecule has 3 nitrogen and oxygen atoms in total. The summed E-state index contributed by atoms with van der Waals surface area (Å²) in [4.78, 5) is 0. The Kier molecular flexibility index (Phi) is 4.14. The van der Waals surface area contributed by atoms with Crippen molar-refractivity contribution in [3.8, 4) is 0 Å². The number of rotatable bonds is 5. The van der Waals surface area contributed by atoms with E-state index in [4.69, 9.17) is 0 Å². The third-order valence-corrected chi connectivity index (χ3v) is 2.82. The summed E-state index contributed by atoms with van der Waals surface area (Å²) < 4.78 is 1.73. The Morgan fingerprint density at radius 1 is 1.43 bits per heavy atom. The predicted molar refractivity (Wildman–Crippen MR) is 56.9 cm³/mol. The molecule has 0 saturated heterocycles. The van der Waals surface area contributed by atoms with Gasteiger partial charge in [0, 0.05) is 18.8 Å². The molecule has 0 aliphatic rings. The molecular weight excluding hydrogens is 176 g/mol. The fourth-order valence-corrected chi connectivity index (χ4v) is 1.69. The molecule has 0 amide bonds. The van der Waals surface area contributed by atoms with Crippen molar-refractivity contribution in [3.05, 3.63) is 18.0 Å². The Labute approximate surface area is 85.8 Å². The largest absolute Gasteiger partial charge is 0.388 e. The maximum atomic E-state index is 9.91. The monoisotopic (exact) mass is 196 g/mol. The summed E-state index contributed by atoms with van der Waals surface area (Å²) >= 11 is 0. The third kappa shape index (κ3) is 2.84. The lowest BCUT2D eigenvalue weighted by molar-refractivity contribution is 0.141. The Bertz CT molecular complexity index is 266. The molecule has 1 aromatic heterocycles. The normalized spacial score (nSPS) is 13.5. The molecule has 0 aromatic carbocycles. The van der Waals surface area contributed by atoms with Crippen molar-refractivity contribution in [1.82, 2.24) is 9.78 Å². The van der Waals surface area contributed by atoms with E-state index in [9.17, 15) is 5.11 Å². The highest BCUT2D eigenvalue weighted by atomic mass is 16.3. The SMILES string of the molecule is CCC(CC)CC(O)c1cnn(C)c1. The van der Waals surface area contributed by atoms with Gasteiger partial charge in [0.05, 0.1) is 12.3 Å². The van der Waals surface area contributed by atoms with E-state index in [-0.39, 0.29) is 6.10 Å². The second kappa shape index (κ2) is 5.15. The molecule has 0 radical (unpaired) electrons. The number of aliphatic hydroxyl groups excluding tert-OH is 1. The first-order chi connectivity index (χ1) is 6.67. The van der Waals surface area contributed by atoms with E-state index < -0.39 is 0 Å². The summed E-state index contributed by atoms with van der Waals surface area (Å²) in [6.07, 6.45) is 6.38. The van der Waals surface area contributed by atoms with Crippen molar-refractivity contribution in [2.24, 2.45) is 13.0 Å². The van der Waals surface area contributed by atoms with E-state index in [0.29, 0.717) is 5.92 Å². The lowest BCUT2D eigenvalue weighted by atomic mass is 9.94. The van der Waals surface area contributed by atoms with E-state index in [2.05, 4.69) is 18.9 Å². The average molecular weight is 196 g/mol. The lowest BCUT2D eigenvalue weighted by Gasteiger charge is -2.15. The minimum absolute atomic E-state index is 0.353. The highest BCUT2D eigenvalue weighted by Crippen LogP contribution is 2.24. The van der Waals surface area contributed by atoms with E-state index in [1.165, 1.54) is 0 Å². The second-order valence-electron chi connectivity index (χ2n) is 3.88. The maximum Gasteiger partial charge on any atom is 0.0823 e. The van der Waals surface area contributed by atoms with Gasteiger partial charge in [0.1, 0.15) is 0 Å². The molecule has 0 aliphatic carbocycles. The van der Waals surface area contributed by atoms with Crippen LogP contribution in [0.2, 0.25) is 0 Å². The van der Waals surface area contributed by atoms with Gasteiger partial charge in [-0.15, -0.1) is 0 Å². The summed E-state index contributed by atoms with van der Waals surface area (Å²) in [5.74, 6) is 0.616. The van der Waals surface area contributed by atoms with Crippen LogP contribution in [0.25, 0.3) is 0 Å². The summed E-state index contributed by atoms with van der Waals surface area (Å²) in [5.41, 5.74) is 0.930. The van der Waals surface area contributed by atoms with Crippen molar-refractivity contribution in [1.29, 1.82) is 0 Å². The van der Waals surface area contributed by atoms with Crippen molar-refractivity contribution in [3.63, 3.8) is 0 Å². The van der Waals surface area contributed by atoms with Gasteiger partial charge in [0.25, 0.3) is 0 Å². The van der Waals surface area contributed by atoms with Gasteiger partial charge in [0.15, 0.2) is 0 Å². The molecule has 1 atom stereocenters. The van der Waals surface area contributed by atoms with Gasteiger partial charge in [-0.05, 0) is 12.3 Å². The molecular formula is C11H20N2O. The van der Waals surface area contributed by atoms with Crippen LogP contribution in [0.4, 0.5) is 0 Å². The fraction of sp³-hybridized carbons (Fsp3) is 0.727. The molecule has 1 rings (SSSR count). The zero-order chi connectivity index (χ0) is 10.6. The van der Waals surface area contributed by atoms with E-state index in [1.54, 1.807) is 10.9 Å². The van der Waals surface area contributed by atoms with Gasteiger partial charge in [-0.25, -0.2) is 0 Å². The molecule has 1 heterocycles. The molecule has 1 N–H and O–H groups in total. The van der Waals surface area contributed by atoms with Gasteiger partial charge < -0.3 is 5.11 Å². The zero-order valence-electron chi connectivity index (χ0n) is 9.27. The van der Waals surface area contributed by atoms with Gasteiger partial charge in [-0.1, -0.05) is 26.7 Å². The Morgan fingerprint density at radius 3 is 2.50 bits per heavy atom. The smallest absolute Gasteiger partial charge is 0.0823 e. The molecule has 14 heavy (non-hydrogen) atoms. The Balaban J connectivity index is 2.53. The van der Waals surface area contributed by atoms with Crippen LogP contribution in [-0.4, -0.2) is 14.9 Å². The Hall–Kier alpha value is -0.830. The number of nitrogens with zero attached hydrogens (tertiary/aromatic N) is 2. The zero-order valence-corrected chi connectivity index (χ0v) is 9.27. The van der Waals surface area contributed by atoms with Crippen LogP contribution in [0.3, 0.4) is 0 Å². The lowest BCUT2D eigenvalue weighted by Crippen LogP contribution is -2.05. The minimum Gasteiger partial charge on any atom is -0.388 e. The molecule has 3 heteroatoms. The number of aromatic nitrogens is 2. The maximum absolute atomic E-state index is 9.91. The summed E-state index contributed by atoms with van der Waals surface area (Å²) in [5, 5.41) is 14.0. The number of aryl methyl sites for hydroxylation is 1. The molecule has 0 saturated carbocycles. The van der Waals surface area contributed by atoms with E-state index in [1.807, 2.05) is 13.2 Å². The quantitative estimate of drug-likeness (QED) is 0.784. The summed E-state index contributed by atoms with van der Waals surface area (Å²) in [6.45, 7) is 4.34. The molecule has 1 aromatic rings. The summed E-state index contributed by atoms with van der Waals surface area (Å²) in [7, 11) is 1.87. The fourth-order valence-electron chi connectivity index (χ4n) is 1.69. The van der Waals surface area contributed by atoms with Gasteiger partial charge in [-0.2, -0.15) is 5.10 Å². The number of hydrogen-bond acceptors (Lipinski definition) is 2. The highest BCUT2D eigenvalue weighted by Gasteiger charge is 2.14. The van der Waals surface area contributed by atoms with E-state index >= 15 is 0 Å². The topological polar surface area (TPSA) is 38.1 Å². The molecule has 0 fully saturated rings. The molecule has 80 valence electrons. The van der Waals surface area contributed by atoms with Crippen LogP contribution < -0.4 is 0 Å². The van der Waals surface area contributed by atoms with Gasteiger partial charge >= 0.3 is 0 Å². The molecule has 0 bridgehead atoms. The predicted octanol–water partition coefficient (Wildman–Crippen LogP) is 2.28. The van der Waals surface area contributed by atoms with Crippen LogP contribution in [0.15, 0.2) is 12.4 Å². The molecule has 1 unspecified atom stereocenters. The minimum atomic E-state index is -0.353. The first-order valence-electron chi connectivity index (χ1n) is 5.34. The van der Waals surface area contributed by atoms with Gasteiger partial charge in [0.2, 0.25) is 0 Å². The number of aliphatic hydroxyl groups is 1. The highest BCUT2D eigenvalue weighted by molar-refractivity contribution is 5.07. The van der Waals surface area contributed by atoms with Crippen LogP contribution in [0.1, 0.15) is 44.8 Å². The first-order valence-corrected chi connectivity index (χ1v) is 5.34.